The number of aryl methyl sites for hydroxylation is 1. The molecular weight excluding hydrogens is 420 g/mol. The van der Waals surface area contributed by atoms with E-state index in [-0.39, 0.29) is 17.0 Å². The number of carbonyl (C=O) groups excluding carboxylic acids is 1. The topological polar surface area (TPSA) is 101 Å². The number of hydrogen-bond donors (Lipinski definition) is 1. The molecule has 1 amide bonds. The number of anilines is 1. The Balaban J connectivity index is 1.54. The average Bonchev–Trinajstić information content (AvgIpc) is 3.17. The molecule has 3 aromatic rings. The van der Waals surface area contributed by atoms with Crippen LogP contribution in [-0.2, 0) is 0 Å². The molecular formula is C25H28N4O4. The third kappa shape index (κ3) is 4.20. The number of non-ortho nitro benzene ring substituents is 1. The summed E-state index contributed by atoms with van der Waals surface area (Å²) in [6.45, 7) is 12.0. The lowest BCUT2D eigenvalue weighted by atomic mass is 9.79. The normalized spacial score (nSPS) is 17.4. The number of nitrogens with one attached hydrogen (secondary N) is 1. The number of fused-ring (bicyclic) bond motifs is 2. The Morgan fingerprint density at radius 3 is 2.79 bits per heavy atom. The van der Waals surface area contributed by atoms with Crippen molar-refractivity contribution in [2.45, 2.75) is 52.5 Å². The number of nitrogens with zero attached hydrogens (tertiary/aromatic N) is 3. The smallest absolute Gasteiger partial charge is 0.307 e. The Morgan fingerprint density at radius 1 is 1.33 bits per heavy atom. The van der Waals surface area contributed by atoms with Crippen molar-refractivity contribution >= 4 is 34.5 Å². The summed E-state index contributed by atoms with van der Waals surface area (Å²) in [6.07, 6.45) is 2.71. The quantitative estimate of drug-likeness (QED) is 0.314. The lowest BCUT2D eigenvalue weighted by molar-refractivity contribution is -0.384. The molecule has 33 heavy (non-hydrogen) atoms. The minimum atomic E-state index is -0.520. The fraction of sp³-hybridized carbons (Fsp3) is 0.360. The summed E-state index contributed by atoms with van der Waals surface area (Å²) in [5, 5.41) is 15.6. The van der Waals surface area contributed by atoms with Gasteiger partial charge in [-0.05, 0) is 81.0 Å². The molecule has 172 valence electrons. The van der Waals surface area contributed by atoms with Crippen molar-refractivity contribution in [3.63, 3.8) is 0 Å². The van der Waals surface area contributed by atoms with Crippen molar-refractivity contribution in [1.82, 2.24) is 5.43 Å². The highest BCUT2D eigenvalue weighted by atomic mass is 16.6. The van der Waals surface area contributed by atoms with Crippen molar-refractivity contribution in [2.75, 3.05) is 11.4 Å². The van der Waals surface area contributed by atoms with Gasteiger partial charge in [0.25, 0.3) is 5.69 Å². The number of carbonyl (C=O) groups is 1. The van der Waals surface area contributed by atoms with Crippen molar-refractivity contribution in [1.29, 1.82) is 0 Å². The summed E-state index contributed by atoms with van der Waals surface area (Å²) in [4.78, 5) is 25.4. The fourth-order valence-electron chi connectivity index (χ4n) is 4.86. The fourth-order valence-corrected chi connectivity index (χ4v) is 4.86. The zero-order valence-electron chi connectivity index (χ0n) is 19.5. The first kappa shape index (κ1) is 22.5. The summed E-state index contributed by atoms with van der Waals surface area (Å²) in [5.41, 5.74) is 7.49. The Morgan fingerprint density at radius 2 is 2.09 bits per heavy atom. The van der Waals surface area contributed by atoms with Crippen LogP contribution >= 0.6 is 0 Å². The van der Waals surface area contributed by atoms with Crippen molar-refractivity contribution in [3.8, 4) is 0 Å². The summed E-state index contributed by atoms with van der Waals surface area (Å²) in [6, 6.07) is 10.0. The number of nitro benzene ring substituents is 1. The van der Waals surface area contributed by atoms with E-state index < -0.39 is 10.8 Å². The first-order chi connectivity index (χ1) is 15.6. The van der Waals surface area contributed by atoms with Gasteiger partial charge in [0, 0.05) is 35.3 Å². The van der Waals surface area contributed by atoms with Gasteiger partial charge >= 0.3 is 5.91 Å². The minimum absolute atomic E-state index is 0.0410. The molecule has 0 bridgehead atoms. The Hall–Kier alpha value is -3.68. The first-order valence-corrected chi connectivity index (χ1v) is 11.0. The zero-order valence-corrected chi connectivity index (χ0v) is 19.5. The lowest BCUT2D eigenvalue weighted by Crippen LogP contribution is -2.48. The van der Waals surface area contributed by atoms with Crippen LogP contribution in [0.4, 0.5) is 11.4 Å². The standard InChI is InChI=1S/C25H28N4O4/c1-6-28-21-9-15(2)18(11-20(21)16(3)13-25(28,4)5)14-26-27-24(30)23-12-17-10-19(29(31)32)7-8-22(17)33-23/h7-12,14,16H,6,13H2,1-5H3,(H,27,30)/b26-14-. The summed E-state index contributed by atoms with van der Waals surface area (Å²) in [7, 11) is 0. The second kappa shape index (κ2) is 8.35. The van der Waals surface area contributed by atoms with Gasteiger partial charge in [-0.2, -0.15) is 5.10 Å². The summed E-state index contributed by atoms with van der Waals surface area (Å²) in [5.74, 6) is -0.0630. The maximum absolute atomic E-state index is 12.5. The molecule has 2 aromatic carbocycles. The highest BCUT2D eigenvalue weighted by molar-refractivity contribution is 5.97. The predicted octanol–water partition coefficient (Wildman–Crippen LogP) is 5.53. The van der Waals surface area contributed by atoms with Crippen LogP contribution in [0, 0.1) is 17.0 Å². The van der Waals surface area contributed by atoms with E-state index in [4.69, 9.17) is 4.42 Å². The maximum Gasteiger partial charge on any atom is 0.307 e. The SMILES string of the molecule is CCN1c2cc(C)c(/C=N\NC(=O)c3cc4cc([N+](=O)[O-])ccc4o3)cc2C(C)CC1(C)C. The number of hydrogen-bond acceptors (Lipinski definition) is 6. The van der Waals surface area contributed by atoms with E-state index in [9.17, 15) is 14.9 Å². The molecule has 1 unspecified atom stereocenters. The molecule has 0 radical (unpaired) electrons. The third-order valence-electron chi connectivity index (χ3n) is 6.39. The molecule has 0 fully saturated rings. The van der Waals surface area contributed by atoms with Gasteiger partial charge in [0.15, 0.2) is 5.76 Å². The van der Waals surface area contributed by atoms with Crippen LogP contribution in [-0.4, -0.2) is 29.1 Å². The van der Waals surface area contributed by atoms with E-state index in [0.717, 1.165) is 24.1 Å². The minimum Gasteiger partial charge on any atom is -0.451 e. The van der Waals surface area contributed by atoms with Crippen molar-refractivity contribution < 1.29 is 14.1 Å². The molecule has 1 N–H and O–H groups in total. The number of benzene rings is 2. The highest BCUT2D eigenvalue weighted by Gasteiger charge is 2.35. The Labute approximate surface area is 192 Å². The monoisotopic (exact) mass is 448 g/mol. The van der Waals surface area contributed by atoms with Gasteiger partial charge in [-0.3, -0.25) is 14.9 Å². The second-order valence-corrected chi connectivity index (χ2v) is 9.22. The van der Waals surface area contributed by atoms with Gasteiger partial charge < -0.3 is 9.32 Å². The Kier molecular flexibility index (Phi) is 5.69. The summed E-state index contributed by atoms with van der Waals surface area (Å²) >= 11 is 0. The number of amides is 1. The highest BCUT2D eigenvalue weighted by Crippen LogP contribution is 2.44. The van der Waals surface area contributed by atoms with E-state index in [2.05, 4.69) is 55.3 Å². The van der Waals surface area contributed by atoms with Crippen LogP contribution in [0.1, 0.15) is 67.3 Å². The van der Waals surface area contributed by atoms with E-state index in [0.29, 0.717) is 16.9 Å². The molecule has 8 heteroatoms. The molecule has 2 heterocycles. The molecule has 1 atom stereocenters. The van der Waals surface area contributed by atoms with Gasteiger partial charge in [0.2, 0.25) is 0 Å². The van der Waals surface area contributed by atoms with Crippen molar-refractivity contribution in [3.05, 3.63) is 69.0 Å². The Bertz CT molecular complexity index is 1270. The van der Waals surface area contributed by atoms with Crippen LogP contribution < -0.4 is 10.3 Å². The van der Waals surface area contributed by atoms with Gasteiger partial charge in [-0.25, -0.2) is 5.43 Å². The van der Waals surface area contributed by atoms with Gasteiger partial charge in [-0.15, -0.1) is 0 Å². The van der Waals surface area contributed by atoms with Crippen LogP contribution in [0.25, 0.3) is 11.0 Å². The molecule has 8 nitrogen and oxygen atoms in total. The molecule has 1 aromatic heterocycles. The first-order valence-electron chi connectivity index (χ1n) is 11.0. The number of nitro groups is 1. The van der Waals surface area contributed by atoms with E-state index in [1.54, 1.807) is 6.21 Å². The van der Waals surface area contributed by atoms with Crippen LogP contribution in [0.2, 0.25) is 0 Å². The zero-order chi connectivity index (χ0) is 23.9. The van der Waals surface area contributed by atoms with Crippen LogP contribution in [0.15, 0.2) is 45.9 Å². The third-order valence-corrected chi connectivity index (χ3v) is 6.39. The molecule has 4 rings (SSSR count). The summed E-state index contributed by atoms with van der Waals surface area (Å²) < 4.78 is 5.51. The molecule has 0 spiro atoms. The van der Waals surface area contributed by atoms with Gasteiger partial charge in [0.1, 0.15) is 5.58 Å². The molecule has 0 saturated heterocycles. The van der Waals surface area contributed by atoms with Gasteiger partial charge in [0.05, 0.1) is 11.1 Å². The number of furan rings is 1. The molecule has 0 aliphatic carbocycles. The van der Waals surface area contributed by atoms with E-state index >= 15 is 0 Å². The number of hydrazone groups is 1. The lowest BCUT2D eigenvalue weighted by Gasteiger charge is -2.47. The van der Waals surface area contributed by atoms with E-state index in [1.807, 2.05) is 6.92 Å². The van der Waals surface area contributed by atoms with Crippen molar-refractivity contribution in [2.24, 2.45) is 5.10 Å². The van der Waals surface area contributed by atoms with E-state index in [1.165, 1.54) is 35.5 Å². The molecule has 1 aliphatic rings. The molecule has 0 saturated carbocycles. The predicted molar refractivity (Wildman–Crippen MR) is 129 cm³/mol. The average molecular weight is 449 g/mol. The number of rotatable bonds is 5. The second-order valence-electron chi connectivity index (χ2n) is 9.22. The maximum atomic E-state index is 12.5. The van der Waals surface area contributed by atoms with Crippen LogP contribution in [0.3, 0.4) is 0 Å². The largest absolute Gasteiger partial charge is 0.451 e. The van der Waals surface area contributed by atoms with Crippen LogP contribution in [0.5, 0.6) is 0 Å². The van der Waals surface area contributed by atoms with Gasteiger partial charge in [-0.1, -0.05) is 6.92 Å². The molecule has 1 aliphatic heterocycles.